The Morgan fingerprint density at radius 1 is 0.780 bits per heavy atom. The largest absolute Gasteiger partial charge is 0.379 e. The summed E-state index contributed by atoms with van der Waals surface area (Å²) >= 11 is 0. The van der Waals surface area contributed by atoms with Crippen LogP contribution in [0.15, 0.2) is 49.1 Å². The molecule has 1 aliphatic rings. The third-order valence-electron chi connectivity index (χ3n) is 8.07. The molecule has 1 N–H and O–H groups in total. The molecule has 0 bridgehead atoms. The standard InChI is InChI=1S/C12H24O.C12H18.C8H18.C6H13NO2S.C5H10.C2H6/c1-11(2)9-7-5-6-8-10-13-12(3)4;1-9(2)11-6-5-7-12(8-11)10(3)4;1-7(2,3)8(4,5)6;1-5(2)7-10(8,9)6-3-4-6;1-4-5(2)3;1-2/h7,9,11-12H,5-6,8,10H2,1-4H3;5-10H,1-4H3;1-6H3;5-7H,3-4H2,1-2H3;4-5H,1H2,2-3H3;1-2H3/b9-7+;;;;;. The molecule has 1 aromatic rings. The quantitative estimate of drug-likeness (QED) is 0.163. The Kier molecular flexibility index (Phi) is 33.3. The number of nitrogens with one attached hydrogen (secondary N) is 1. The van der Waals surface area contributed by atoms with E-state index in [1.807, 2.05) is 33.8 Å². The molecule has 0 unspecified atom stereocenters. The van der Waals surface area contributed by atoms with E-state index in [0.717, 1.165) is 19.4 Å². The van der Waals surface area contributed by atoms with Crippen molar-refractivity contribution in [1.29, 1.82) is 0 Å². The van der Waals surface area contributed by atoms with Gasteiger partial charge in [0, 0.05) is 12.6 Å². The number of hydrogen-bond donors (Lipinski definition) is 1. The van der Waals surface area contributed by atoms with E-state index >= 15 is 0 Å². The molecule has 4 nitrogen and oxygen atoms in total. The summed E-state index contributed by atoms with van der Waals surface area (Å²) in [5, 5.41) is -0.0881. The van der Waals surface area contributed by atoms with Gasteiger partial charge in [0.1, 0.15) is 0 Å². The minimum Gasteiger partial charge on any atom is -0.379 e. The highest BCUT2D eigenvalue weighted by Crippen LogP contribution is 2.36. The number of benzene rings is 1. The van der Waals surface area contributed by atoms with E-state index in [4.69, 9.17) is 4.74 Å². The Morgan fingerprint density at radius 3 is 1.48 bits per heavy atom. The normalized spacial score (nSPS) is 13.1. The molecule has 1 aromatic carbocycles. The van der Waals surface area contributed by atoms with Gasteiger partial charge in [-0.05, 0) is 105 Å². The van der Waals surface area contributed by atoms with Crippen LogP contribution in [0.25, 0.3) is 0 Å². The summed E-state index contributed by atoms with van der Waals surface area (Å²) < 4.78 is 30.2. The molecule has 1 aliphatic carbocycles. The van der Waals surface area contributed by atoms with Crippen molar-refractivity contribution in [1.82, 2.24) is 4.72 Å². The molecule has 50 heavy (non-hydrogen) atoms. The molecule has 0 heterocycles. The summed E-state index contributed by atoms with van der Waals surface area (Å²) in [6.07, 6.45) is 12.1. The Balaban J connectivity index is -0.000000268. The lowest BCUT2D eigenvalue weighted by Crippen LogP contribution is -2.32. The summed E-state index contributed by atoms with van der Waals surface area (Å²) in [6.45, 7) is 47.5. The highest BCUT2D eigenvalue weighted by molar-refractivity contribution is 7.90. The molecule has 0 atom stereocenters. The molecular formula is C45H89NO3S. The van der Waals surface area contributed by atoms with Crippen molar-refractivity contribution < 1.29 is 13.2 Å². The first-order valence-electron chi connectivity index (χ1n) is 19.8. The Labute approximate surface area is 316 Å². The molecule has 2 rings (SSSR count). The van der Waals surface area contributed by atoms with Crippen molar-refractivity contribution in [2.45, 2.75) is 200 Å². The lowest BCUT2D eigenvalue weighted by molar-refractivity contribution is 0.0762. The van der Waals surface area contributed by atoms with Gasteiger partial charge in [0.2, 0.25) is 10.0 Å². The second kappa shape index (κ2) is 30.1. The molecule has 1 saturated carbocycles. The lowest BCUT2D eigenvalue weighted by Gasteiger charge is -2.34. The maximum atomic E-state index is 11.1. The predicted octanol–water partition coefficient (Wildman–Crippen LogP) is 14.1. The van der Waals surface area contributed by atoms with Crippen LogP contribution in [0.3, 0.4) is 0 Å². The van der Waals surface area contributed by atoms with Crippen molar-refractivity contribution in [3.8, 4) is 0 Å². The van der Waals surface area contributed by atoms with E-state index in [0.29, 0.717) is 40.6 Å². The van der Waals surface area contributed by atoms with Gasteiger partial charge in [-0.1, -0.05) is 153 Å². The van der Waals surface area contributed by atoms with Crippen LogP contribution in [-0.2, 0) is 14.8 Å². The molecule has 0 aliphatic heterocycles. The van der Waals surface area contributed by atoms with Gasteiger partial charge in [0.05, 0.1) is 11.4 Å². The zero-order valence-electron chi connectivity index (χ0n) is 37.2. The lowest BCUT2D eigenvalue weighted by atomic mass is 9.71. The van der Waals surface area contributed by atoms with Crippen LogP contribution in [0.5, 0.6) is 0 Å². The van der Waals surface area contributed by atoms with Crippen molar-refractivity contribution in [3.63, 3.8) is 0 Å². The minimum atomic E-state index is -2.94. The van der Waals surface area contributed by atoms with E-state index < -0.39 is 10.0 Å². The summed E-state index contributed by atoms with van der Waals surface area (Å²) in [6, 6.07) is 8.91. The van der Waals surface area contributed by atoms with Crippen molar-refractivity contribution >= 4 is 10.0 Å². The Morgan fingerprint density at radius 2 is 1.20 bits per heavy atom. The highest BCUT2D eigenvalue weighted by atomic mass is 32.2. The van der Waals surface area contributed by atoms with Crippen LogP contribution in [-0.4, -0.2) is 32.4 Å². The van der Waals surface area contributed by atoms with Gasteiger partial charge in [-0.15, -0.1) is 6.58 Å². The second-order valence-corrected chi connectivity index (χ2v) is 19.1. The molecule has 5 heteroatoms. The SMILES string of the molecule is C=CC(C)C.CC.CC(C)(C)C(C)(C)C.CC(C)/C=C/CCCCOC(C)C.CC(C)NS(=O)(=O)C1CC1.CC(C)c1cccc(C(C)C)c1. The fourth-order valence-corrected chi connectivity index (χ4v) is 4.74. The average molecular weight is 724 g/mol. The zero-order valence-corrected chi connectivity index (χ0v) is 38.0. The smallest absolute Gasteiger partial charge is 0.214 e. The number of ether oxygens (including phenoxy) is 1. The third kappa shape index (κ3) is 36.4. The van der Waals surface area contributed by atoms with Crippen LogP contribution in [0.1, 0.15) is 194 Å². The topological polar surface area (TPSA) is 55.4 Å². The average Bonchev–Trinajstić information content (AvgIpc) is 3.84. The molecule has 0 spiro atoms. The highest BCUT2D eigenvalue weighted by Gasteiger charge is 2.35. The van der Waals surface area contributed by atoms with E-state index in [9.17, 15) is 8.42 Å². The Bertz CT molecular complexity index is 1010. The first-order chi connectivity index (χ1) is 22.8. The molecule has 298 valence electrons. The first kappa shape index (κ1) is 55.3. The van der Waals surface area contributed by atoms with Crippen molar-refractivity contribution in [3.05, 3.63) is 60.2 Å². The van der Waals surface area contributed by atoms with Gasteiger partial charge in [-0.3, -0.25) is 0 Å². The van der Waals surface area contributed by atoms with E-state index in [-0.39, 0.29) is 11.3 Å². The Hall–Kier alpha value is -1.43. The fourth-order valence-electron chi connectivity index (χ4n) is 3.13. The summed E-state index contributed by atoms with van der Waals surface area (Å²) in [5.74, 6) is 2.62. The van der Waals surface area contributed by atoms with Gasteiger partial charge in [-0.2, -0.15) is 0 Å². The van der Waals surface area contributed by atoms with Gasteiger partial charge in [0.25, 0.3) is 0 Å². The monoisotopic (exact) mass is 724 g/mol. The molecule has 0 radical (unpaired) electrons. The number of unbranched alkanes of at least 4 members (excludes halogenated alkanes) is 2. The molecular weight excluding hydrogens is 635 g/mol. The summed E-state index contributed by atoms with van der Waals surface area (Å²) in [5.41, 5.74) is 3.77. The number of hydrogen-bond acceptors (Lipinski definition) is 3. The van der Waals surface area contributed by atoms with Gasteiger partial charge in [0.15, 0.2) is 0 Å². The third-order valence-corrected chi connectivity index (χ3v) is 10.2. The number of rotatable bonds is 13. The zero-order chi connectivity index (χ0) is 40.3. The van der Waals surface area contributed by atoms with E-state index in [2.05, 4.69) is 158 Å². The molecule has 0 aromatic heterocycles. The van der Waals surface area contributed by atoms with Crippen LogP contribution in [0.2, 0.25) is 0 Å². The maximum absolute atomic E-state index is 11.1. The summed E-state index contributed by atoms with van der Waals surface area (Å²) in [7, 11) is -2.94. The molecule has 1 fully saturated rings. The van der Waals surface area contributed by atoms with E-state index in [1.165, 1.54) is 30.4 Å². The fraction of sp³-hybridized carbons (Fsp3) is 0.778. The van der Waals surface area contributed by atoms with Crippen molar-refractivity contribution in [2.75, 3.05) is 6.61 Å². The molecule has 0 saturated heterocycles. The van der Waals surface area contributed by atoms with E-state index in [1.54, 1.807) is 0 Å². The van der Waals surface area contributed by atoms with Crippen LogP contribution in [0.4, 0.5) is 0 Å². The van der Waals surface area contributed by atoms with Gasteiger partial charge < -0.3 is 4.74 Å². The number of allylic oxidation sites excluding steroid dienone is 3. The summed E-state index contributed by atoms with van der Waals surface area (Å²) in [4.78, 5) is 0. The number of sulfonamides is 1. The predicted molar refractivity (Wildman–Crippen MR) is 229 cm³/mol. The van der Waals surface area contributed by atoms with Crippen LogP contribution < -0.4 is 4.72 Å². The molecule has 0 amide bonds. The first-order valence-corrected chi connectivity index (χ1v) is 21.3. The van der Waals surface area contributed by atoms with Gasteiger partial charge >= 0.3 is 0 Å². The maximum Gasteiger partial charge on any atom is 0.214 e. The van der Waals surface area contributed by atoms with Crippen molar-refractivity contribution in [2.24, 2.45) is 22.7 Å². The van der Waals surface area contributed by atoms with Gasteiger partial charge in [-0.25, -0.2) is 13.1 Å². The minimum absolute atomic E-state index is 0.0330. The van der Waals surface area contributed by atoms with Crippen LogP contribution in [0, 0.1) is 22.7 Å². The van der Waals surface area contributed by atoms with Crippen LogP contribution >= 0.6 is 0 Å². The second-order valence-electron chi connectivity index (χ2n) is 17.1.